The van der Waals surface area contributed by atoms with Gasteiger partial charge in [0.25, 0.3) is 0 Å². The molecule has 0 unspecified atom stereocenters. The second kappa shape index (κ2) is 6.42. The number of ether oxygens (including phenoxy) is 1. The van der Waals surface area contributed by atoms with Crippen LogP contribution in [0.4, 0.5) is 23.7 Å². The SMILES string of the molecule is Cl.O=C(Nc1cccc2cccnc12)OCC(F)(F)F. The van der Waals surface area contributed by atoms with Crippen LogP contribution >= 0.6 is 12.4 Å². The molecule has 108 valence electrons. The number of halogens is 4. The highest BCUT2D eigenvalue weighted by Gasteiger charge is 2.29. The summed E-state index contributed by atoms with van der Waals surface area (Å²) in [6, 6.07) is 8.45. The van der Waals surface area contributed by atoms with E-state index in [4.69, 9.17) is 0 Å². The molecule has 0 aliphatic rings. The number of hydrogen-bond acceptors (Lipinski definition) is 3. The van der Waals surface area contributed by atoms with Crippen LogP contribution in [0.3, 0.4) is 0 Å². The third kappa shape index (κ3) is 4.27. The van der Waals surface area contributed by atoms with E-state index in [1.54, 1.807) is 24.3 Å². The number of aromatic nitrogens is 1. The normalized spacial score (nSPS) is 10.8. The zero-order chi connectivity index (χ0) is 13.9. The molecule has 8 heteroatoms. The van der Waals surface area contributed by atoms with Gasteiger partial charge in [-0.25, -0.2) is 4.79 Å². The fourth-order valence-corrected chi connectivity index (χ4v) is 1.50. The molecule has 0 aliphatic heterocycles. The Morgan fingerprint density at radius 3 is 2.65 bits per heavy atom. The summed E-state index contributed by atoms with van der Waals surface area (Å²) in [4.78, 5) is 15.3. The van der Waals surface area contributed by atoms with Crippen LogP contribution in [0.15, 0.2) is 36.5 Å². The third-order valence-electron chi connectivity index (χ3n) is 2.24. The van der Waals surface area contributed by atoms with Gasteiger partial charge in [-0.3, -0.25) is 10.3 Å². The lowest BCUT2D eigenvalue weighted by Crippen LogP contribution is -2.23. The van der Waals surface area contributed by atoms with Crippen LogP contribution in [0.25, 0.3) is 10.9 Å². The molecule has 1 N–H and O–H groups in total. The molecule has 0 aliphatic carbocycles. The Balaban J connectivity index is 0.00000200. The Morgan fingerprint density at radius 2 is 1.95 bits per heavy atom. The van der Waals surface area contributed by atoms with Crippen molar-refractivity contribution < 1.29 is 22.7 Å². The van der Waals surface area contributed by atoms with Crippen LogP contribution in [-0.2, 0) is 4.74 Å². The van der Waals surface area contributed by atoms with Gasteiger partial charge in [-0.15, -0.1) is 12.4 Å². The van der Waals surface area contributed by atoms with E-state index in [2.05, 4.69) is 15.0 Å². The minimum Gasteiger partial charge on any atom is -0.440 e. The Morgan fingerprint density at radius 1 is 1.25 bits per heavy atom. The maximum Gasteiger partial charge on any atom is 0.422 e. The molecule has 0 atom stereocenters. The smallest absolute Gasteiger partial charge is 0.422 e. The first-order valence-corrected chi connectivity index (χ1v) is 5.30. The molecule has 2 aromatic rings. The van der Waals surface area contributed by atoms with Gasteiger partial charge in [0.15, 0.2) is 6.61 Å². The number of para-hydroxylation sites is 1. The second-order valence-electron chi connectivity index (χ2n) is 3.70. The van der Waals surface area contributed by atoms with Crippen molar-refractivity contribution in [2.75, 3.05) is 11.9 Å². The largest absolute Gasteiger partial charge is 0.440 e. The first kappa shape index (κ1) is 16.0. The molecule has 0 saturated heterocycles. The number of benzene rings is 1. The van der Waals surface area contributed by atoms with Crippen LogP contribution in [0.1, 0.15) is 0 Å². The number of fused-ring (bicyclic) bond motifs is 1. The van der Waals surface area contributed by atoms with Gasteiger partial charge in [0.05, 0.1) is 11.2 Å². The lowest BCUT2D eigenvalue weighted by molar-refractivity contribution is -0.159. The van der Waals surface area contributed by atoms with Crippen LogP contribution < -0.4 is 5.32 Å². The molecule has 0 fully saturated rings. The maximum absolute atomic E-state index is 11.9. The fourth-order valence-electron chi connectivity index (χ4n) is 1.50. The number of alkyl halides is 3. The Labute approximate surface area is 118 Å². The molecule has 1 amide bonds. The number of carbonyl (C=O) groups excluding carboxylic acids is 1. The number of hydrogen-bond donors (Lipinski definition) is 1. The molecule has 0 radical (unpaired) electrons. The van der Waals surface area contributed by atoms with E-state index in [9.17, 15) is 18.0 Å². The summed E-state index contributed by atoms with van der Waals surface area (Å²) in [7, 11) is 0. The standard InChI is InChI=1S/C12H9F3N2O2.ClH/c13-12(14,15)7-19-11(18)17-9-5-1-3-8-4-2-6-16-10(8)9;/h1-6H,7H2,(H,17,18);1H. The van der Waals surface area contributed by atoms with Crippen molar-refractivity contribution in [3.63, 3.8) is 0 Å². The highest BCUT2D eigenvalue weighted by molar-refractivity contribution is 5.97. The van der Waals surface area contributed by atoms with E-state index in [-0.39, 0.29) is 12.4 Å². The topological polar surface area (TPSA) is 51.2 Å². The van der Waals surface area contributed by atoms with Crippen molar-refractivity contribution in [1.29, 1.82) is 0 Å². The summed E-state index contributed by atoms with van der Waals surface area (Å²) in [5.41, 5.74) is 0.777. The highest BCUT2D eigenvalue weighted by Crippen LogP contribution is 2.21. The molecular formula is C12H10ClF3N2O2. The van der Waals surface area contributed by atoms with Gasteiger partial charge in [-0.1, -0.05) is 18.2 Å². The predicted molar refractivity (Wildman–Crippen MR) is 70.0 cm³/mol. The van der Waals surface area contributed by atoms with Gasteiger partial charge in [0.2, 0.25) is 0 Å². The molecule has 0 saturated carbocycles. The molecule has 1 aromatic heterocycles. The minimum atomic E-state index is -4.55. The van der Waals surface area contributed by atoms with Gasteiger partial charge < -0.3 is 4.74 Å². The third-order valence-corrected chi connectivity index (χ3v) is 2.24. The number of pyridine rings is 1. The maximum atomic E-state index is 11.9. The number of rotatable bonds is 2. The Hall–Kier alpha value is -2.02. The Bertz CT molecular complexity index is 599. The van der Waals surface area contributed by atoms with E-state index in [0.717, 1.165) is 5.39 Å². The first-order valence-electron chi connectivity index (χ1n) is 5.30. The average molecular weight is 307 g/mol. The van der Waals surface area contributed by atoms with Gasteiger partial charge in [-0.05, 0) is 12.1 Å². The van der Waals surface area contributed by atoms with Crippen LogP contribution in [0, 0.1) is 0 Å². The lowest BCUT2D eigenvalue weighted by Gasteiger charge is -2.10. The predicted octanol–water partition coefficient (Wildman–Crippen LogP) is 3.77. The quantitative estimate of drug-likeness (QED) is 0.919. The van der Waals surface area contributed by atoms with Crippen molar-refractivity contribution in [2.45, 2.75) is 6.18 Å². The number of nitrogens with zero attached hydrogens (tertiary/aromatic N) is 1. The van der Waals surface area contributed by atoms with Crippen molar-refractivity contribution in [1.82, 2.24) is 4.98 Å². The molecule has 20 heavy (non-hydrogen) atoms. The average Bonchev–Trinajstić information content (AvgIpc) is 2.36. The first-order chi connectivity index (χ1) is 8.96. The zero-order valence-electron chi connectivity index (χ0n) is 9.98. The molecule has 0 bridgehead atoms. The molecule has 4 nitrogen and oxygen atoms in total. The van der Waals surface area contributed by atoms with Gasteiger partial charge >= 0.3 is 12.3 Å². The van der Waals surface area contributed by atoms with E-state index in [0.29, 0.717) is 11.2 Å². The molecular weight excluding hydrogens is 297 g/mol. The summed E-state index contributed by atoms with van der Waals surface area (Å²) in [5, 5.41) is 2.99. The Kier molecular flexibility index (Phi) is 5.15. The van der Waals surface area contributed by atoms with Crippen LogP contribution in [0.5, 0.6) is 0 Å². The van der Waals surface area contributed by atoms with Crippen LogP contribution in [0.2, 0.25) is 0 Å². The van der Waals surface area contributed by atoms with Gasteiger partial charge in [0.1, 0.15) is 0 Å². The van der Waals surface area contributed by atoms with Crippen molar-refractivity contribution in [3.8, 4) is 0 Å². The van der Waals surface area contributed by atoms with Crippen molar-refractivity contribution in [3.05, 3.63) is 36.5 Å². The summed E-state index contributed by atoms with van der Waals surface area (Å²) in [6.07, 6.45) is -4.20. The number of anilines is 1. The lowest BCUT2D eigenvalue weighted by atomic mass is 10.2. The van der Waals surface area contributed by atoms with Gasteiger partial charge in [0, 0.05) is 11.6 Å². The van der Waals surface area contributed by atoms with E-state index in [1.165, 1.54) is 12.3 Å². The van der Waals surface area contributed by atoms with E-state index < -0.39 is 18.9 Å². The molecule has 1 heterocycles. The van der Waals surface area contributed by atoms with E-state index >= 15 is 0 Å². The minimum absolute atomic E-state index is 0. The molecule has 2 rings (SSSR count). The highest BCUT2D eigenvalue weighted by atomic mass is 35.5. The number of nitrogens with one attached hydrogen (secondary N) is 1. The zero-order valence-corrected chi connectivity index (χ0v) is 10.8. The summed E-state index contributed by atoms with van der Waals surface area (Å²) >= 11 is 0. The summed E-state index contributed by atoms with van der Waals surface area (Å²) in [5.74, 6) is 0. The van der Waals surface area contributed by atoms with Crippen molar-refractivity contribution >= 4 is 35.1 Å². The number of amides is 1. The van der Waals surface area contributed by atoms with E-state index in [1.807, 2.05) is 0 Å². The van der Waals surface area contributed by atoms with Gasteiger partial charge in [-0.2, -0.15) is 13.2 Å². The number of carbonyl (C=O) groups is 1. The van der Waals surface area contributed by atoms with Crippen LogP contribution in [-0.4, -0.2) is 23.9 Å². The molecule has 0 spiro atoms. The fraction of sp³-hybridized carbons (Fsp3) is 0.167. The summed E-state index contributed by atoms with van der Waals surface area (Å²) < 4.78 is 39.7. The summed E-state index contributed by atoms with van der Waals surface area (Å²) in [6.45, 7) is -1.63. The second-order valence-corrected chi connectivity index (χ2v) is 3.70. The molecule has 1 aromatic carbocycles. The van der Waals surface area contributed by atoms with Crippen molar-refractivity contribution in [2.24, 2.45) is 0 Å². The monoisotopic (exact) mass is 306 g/mol.